The van der Waals surface area contributed by atoms with E-state index in [-0.39, 0.29) is 30.0 Å². The van der Waals surface area contributed by atoms with Gasteiger partial charge in [0.2, 0.25) is 11.8 Å². The van der Waals surface area contributed by atoms with Crippen LogP contribution >= 0.6 is 0 Å². The Balaban J connectivity index is 1.31. The van der Waals surface area contributed by atoms with Gasteiger partial charge in [-0.2, -0.15) is 0 Å². The van der Waals surface area contributed by atoms with Gasteiger partial charge in [-0.3, -0.25) is 9.59 Å². The zero-order valence-corrected chi connectivity index (χ0v) is 16.4. The molecule has 0 aromatic heterocycles. The molecule has 0 bridgehead atoms. The molecule has 1 unspecified atom stereocenters. The van der Waals surface area contributed by atoms with Crippen molar-refractivity contribution in [3.05, 3.63) is 59.9 Å². The number of halogens is 1. The van der Waals surface area contributed by atoms with Gasteiger partial charge in [0.25, 0.3) is 0 Å². The van der Waals surface area contributed by atoms with Crippen LogP contribution in [0.3, 0.4) is 0 Å². The van der Waals surface area contributed by atoms with Gasteiger partial charge in [-0.25, -0.2) is 4.39 Å². The highest BCUT2D eigenvalue weighted by Gasteiger charge is 2.35. The van der Waals surface area contributed by atoms with Crippen LogP contribution in [0.15, 0.2) is 48.5 Å². The van der Waals surface area contributed by atoms with Gasteiger partial charge in [0.05, 0.1) is 5.92 Å². The number of carbonyl (C=O) groups excluding carboxylic acids is 2. The van der Waals surface area contributed by atoms with E-state index in [1.807, 2.05) is 12.1 Å². The topological polar surface area (TPSA) is 52.7 Å². The SMILES string of the molecule is O=C(NCCc1ccccc1F)C1CC(=O)N(c2ccc(N3CCCC3)cc2)C1. The number of amides is 2. The zero-order valence-electron chi connectivity index (χ0n) is 16.4. The summed E-state index contributed by atoms with van der Waals surface area (Å²) in [5.41, 5.74) is 2.59. The predicted molar refractivity (Wildman–Crippen MR) is 111 cm³/mol. The predicted octanol–water partition coefficient (Wildman–Crippen LogP) is 3.14. The van der Waals surface area contributed by atoms with Gasteiger partial charge >= 0.3 is 0 Å². The number of benzene rings is 2. The van der Waals surface area contributed by atoms with Crippen LogP contribution < -0.4 is 15.1 Å². The zero-order chi connectivity index (χ0) is 20.2. The first-order chi connectivity index (χ1) is 14.1. The van der Waals surface area contributed by atoms with Crippen molar-refractivity contribution in [1.82, 2.24) is 5.32 Å². The summed E-state index contributed by atoms with van der Waals surface area (Å²) in [6.07, 6.45) is 3.08. The van der Waals surface area contributed by atoms with Gasteiger partial charge in [0, 0.05) is 44.0 Å². The lowest BCUT2D eigenvalue weighted by atomic mass is 10.1. The fourth-order valence-electron chi connectivity index (χ4n) is 4.12. The van der Waals surface area contributed by atoms with Crippen LogP contribution in [0.2, 0.25) is 0 Å². The van der Waals surface area contributed by atoms with E-state index in [2.05, 4.69) is 22.3 Å². The number of hydrogen-bond acceptors (Lipinski definition) is 3. The van der Waals surface area contributed by atoms with Crippen molar-refractivity contribution in [2.75, 3.05) is 36.0 Å². The van der Waals surface area contributed by atoms with Crippen molar-refractivity contribution < 1.29 is 14.0 Å². The molecule has 152 valence electrons. The molecule has 2 aromatic rings. The molecule has 0 aliphatic carbocycles. The molecule has 29 heavy (non-hydrogen) atoms. The Kier molecular flexibility index (Phi) is 5.79. The van der Waals surface area contributed by atoms with E-state index in [0.717, 1.165) is 18.8 Å². The fraction of sp³-hybridized carbons (Fsp3) is 0.391. The molecule has 2 saturated heterocycles. The van der Waals surface area contributed by atoms with Gasteiger partial charge in [-0.05, 0) is 55.2 Å². The molecule has 2 aliphatic heterocycles. The van der Waals surface area contributed by atoms with Gasteiger partial charge in [0.1, 0.15) is 5.82 Å². The van der Waals surface area contributed by atoms with E-state index in [0.29, 0.717) is 25.1 Å². The second-order valence-electron chi connectivity index (χ2n) is 7.75. The average molecular weight is 395 g/mol. The Morgan fingerprint density at radius 1 is 1.03 bits per heavy atom. The molecule has 2 amide bonds. The van der Waals surface area contributed by atoms with E-state index >= 15 is 0 Å². The molecule has 0 saturated carbocycles. The van der Waals surface area contributed by atoms with Crippen molar-refractivity contribution in [2.24, 2.45) is 5.92 Å². The normalized spacial score (nSPS) is 19.1. The lowest BCUT2D eigenvalue weighted by Gasteiger charge is -2.20. The monoisotopic (exact) mass is 395 g/mol. The van der Waals surface area contributed by atoms with Crippen molar-refractivity contribution in [1.29, 1.82) is 0 Å². The summed E-state index contributed by atoms with van der Waals surface area (Å²) in [7, 11) is 0. The van der Waals surface area contributed by atoms with Crippen molar-refractivity contribution >= 4 is 23.2 Å². The smallest absolute Gasteiger partial charge is 0.227 e. The lowest BCUT2D eigenvalue weighted by molar-refractivity contribution is -0.126. The molecule has 5 nitrogen and oxygen atoms in total. The van der Waals surface area contributed by atoms with Gasteiger partial charge in [0.15, 0.2) is 0 Å². The molecule has 2 heterocycles. The third kappa shape index (κ3) is 4.42. The fourth-order valence-corrected chi connectivity index (χ4v) is 4.12. The van der Waals surface area contributed by atoms with Gasteiger partial charge in [-0.1, -0.05) is 18.2 Å². The third-order valence-corrected chi connectivity index (χ3v) is 5.78. The molecule has 2 aliphatic rings. The number of rotatable bonds is 6. The minimum atomic E-state index is -0.374. The van der Waals surface area contributed by atoms with Crippen molar-refractivity contribution in [3.63, 3.8) is 0 Å². The second kappa shape index (κ2) is 8.64. The molecule has 6 heteroatoms. The molecule has 0 spiro atoms. The first-order valence-electron chi connectivity index (χ1n) is 10.3. The summed E-state index contributed by atoms with van der Waals surface area (Å²) in [6.45, 7) is 2.90. The number of hydrogen-bond donors (Lipinski definition) is 1. The molecule has 0 radical (unpaired) electrons. The number of nitrogens with one attached hydrogen (secondary N) is 1. The van der Waals surface area contributed by atoms with Crippen LogP contribution in [-0.2, 0) is 16.0 Å². The maximum Gasteiger partial charge on any atom is 0.227 e. The molecule has 1 N–H and O–H groups in total. The Hall–Kier alpha value is -2.89. The Labute approximate surface area is 170 Å². The van der Waals surface area contributed by atoms with Crippen LogP contribution in [0.25, 0.3) is 0 Å². The second-order valence-corrected chi connectivity index (χ2v) is 7.75. The highest BCUT2D eigenvalue weighted by Crippen LogP contribution is 2.28. The van der Waals surface area contributed by atoms with Crippen molar-refractivity contribution in [2.45, 2.75) is 25.7 Å². The maximum atomic E-state index is 13.7. The first kappa shape index (κ1) is 19.4. The van der Waals surface area contributed by atoms with E-state index in [9.17, 15) is 14.0 Å². The molecule has 1 atom stereocenters. The van der Waals surface area contributed by atoms with Crippen LogP contribution in [0.1, 0.15) is 24.8 Å². The van der Waals surface area contributed by atoms with E-state index in [1.165, 1.54) is 24.6 Å². The summed E-state index contributed by atoms with van der Waals surface area (Å²) < 4.78 is 13.7. The van der Waals surface area contributed by atoms with Crippen LogP contribution in [0.4, 0.5) is 15.8 Å². The van der Waals surface area contributed by atoms with Gasteiger partial charge < -0.3 is 15.1 Å². The molecular weight excluding hydrogens is 369 g/mol. The van der Waals surface area contributed by atoms with Gasteiger partial charge in [-0.15, -0.1) is 0 Å². The summed E-state index contributed by atoms with van der Waals surface area (Å²) in [6, 6.07) is 14.6. The summed E-state index contributed by atoms with van der Waals surface area (Å²) in [4.78, 5) is 29.0. The first-order valence-corrected chi connectivity index (χ1v) is 10.3. The highest BCUT2D eigenvalue weighted by atomic mass is 19.1. The standard InChI is InChI=1S/C23H26FN3O2/c24-21-6-2-1-5-17(21)11-12-25-23(29)18-15-22(28)27(16-18)20-9-7-19(8-10-20)26-13-3-4-14-26/h1-2,5-10,18H,3-4,11-16H2,(H,25,29). The molecule has 4 rings (SSSR count). The number of anilines is 2. The largest absolute Gasteiger partial charge is 0.372 e. The number of nitrogens with zero attached hydrogens (tertiary/aromatic N) is 2. The molecular formula is C23H26FN3O2. The maximum absolute atomic E-state index is 13.7. The lowest BCUT2D eigenvalue weighted by Crippen LogP contribution is -2.34. The summed E-state index contributed by atoms with van der Waals surface area (Å²) >= 11 is 0. The molecule has 2 fully saturated rings. The van der Waals surface area contributed by atoms with Crippen LogP contribution in [-0.4, -0.2) is 38.0 Å². The summed E-state index contributed by atoms with van der Waals surface area (Å²) in [5, 5.41) is 2.85. The Morgan fingerprint density at radius 2 is 1.72 bits per heavy atom. The highest BCUT2D eigenvalue weighted by molar-refractivity contribution is 6.00. The molecule has 2 aromatic carbocycles. The van der Waals surface area contributed by atoms with E-state index < -0.39 is 0 Å². The van der Waals surface area contributed by atoms with Crippen LogP contribution in [0.5, 0.6) is 0 Å². The third-order valence-electron chi connectivity index (χ3n) is 5.78. The minimum Gasteiger partial charge on any atom is -0.372 e. The average Bonchev–Trinajstić information content (AvgIpc) is 3.40. The number of carbonyl (C=O) groups is 2. The summed E-state index contributed by atoms with van der Waals surface area (Å²) in [5.74, 6) is -0.818. The quantitative estimate of drug-likeness (QED) is 0.818. The van der Waals surface area contributed by atoms with E-state index in [4.69, 9.17) is 0 Å². The van der Waals surface area contributed by atoms with Crippen LogP contribution in [0, 0.1) is 11.7 Å². The Bertz CT molecular complexity index is 878. The Morgan fingerprint density at radius 3 is 2.45 bits per heavy atom. The minimum absolute atomic E-state index is 0.0341. The van der Waals surface area contributed by atoms with E-state index in [1.54, 1.807) is 23.1 Å². The van der Waals surface area contributed by atoms with Crippen molar-refractivity contribution in [3.8, 4) is 0 Å².